The van der Waals surface area contributed by atoms with E-state index in [-0.39, 0.29) is 6.61 Å². The molecule has 5 nitrogen and oxygen atoms in total. The van der Waals surface area contributed by atoms with Gasteiger partial charge in [-0.05, 0) is 45.4 Å². The van der Waals surface area contributed by atoms with Gasteiger partial charge in [0.1, 0.15) is 5.60 Å². The van der Waals surface area contributed by atoms with Gasteiger partial charge >= 0.3 is 6.09 Å². The molecule has 1 aromatic carbocycles. The highest BCUT2D eigenvalue weighted by molar-refractivity contribution is 9.10. The van der Waals surface area contributed by atoms with Gasteiger partial charge in [0, 0.05) is 4.47 Å². The van der Waals surface area contributed by atoms with Gasteiger partial charge in [0.25, 0.3) is 0 Å². The van der Waals surface area contributed by atoms with E-state index in [2.05, 4.69) is 21.2 Å². The Labute approximate surface area is 127 Å². The molecule has 1 amide bonds. The van der Waals surface area contributed by atoms with E-state index in [0.29, 0.717) is 11.3 Å². The van der Waals surface area contributed by atoms with Crippen LogP contribution in [0.1, 0.15) is 33.3 Å². The molecule has 1 rings (SSSR count). The number of ether oxygens (including phenoxy) is 1. The molecule has 0 aliphatic rings. The number of nitrogens with one attached hydrogen (secondary N) is 1. The van der Waals surface area contributed by atoms with Gasteiger partial charge in [-0.1, -0.05) is 22.0 Å². The number of halogens is 1. The van der Waals surface area contributed by atoms with Gasteiger partial charge in [-0.15, -0.1) is 0 Å². The van der Waals surface area contributed by atoms with Gasteiger partial charge in [0.05, 0.1) is 17.8 Å². The fourth-order valence-electron chi connectivity index (χ4n) is 1.62. The minimum Gasteiger partial charge on any atom is -0.444 e. The van der Waals surface area contributed by atoms with Crippen molar-refractivity contribution in [1.82, 2.24) is 0 Å². The van der Waals surface area contributed by atoms with Crippen LogP contribution in [0, 0.1) is 0 Å². The first kappa shape index (κ1) is 16.9. The van der Waals surface area contributed by atoms with Gasteiger partial charge in [-0.25, -0.2) is 4.79 Å². The summed E-state index contributed by atoms with van der Waals surface area (Å²) >= 11 is 3.34. The van der Waals surface area contributed by atoms with Crippen molar-refractivity contribution in [3.05, 3.63) is 28.2 Å². The topological polar surface area (TPSA) is 84.6 Å². The highest BCUT2D eigenvalue weighted by Gasteiger charge is 2.25. The van der Waals surface area contributed by atoms with Crippen LogP contribution in [-0.2, 0) is 10.3 Å². The van der Waals surface area contributed by atoms with E-state index in [1.165, 1.54) is 0 Å². The standard InChI is InChI=1S/C14H21BrN2O3/c1-13(2,3)20-12(19)17-11-7-9(15)5-6-10(11)14(4,16)8-18/h5-7,18H,8,16H2,1-4H3,(H,17,19). The number of nitrogens with two attached hydrogens (primary N) is 1. The molecule has 112 valence electrons. The zero-order valence-corrected chi connectivity index (χ0v) is 13.7. The van der Waals surface area contributed by atoms with Crippen LogP contribution in [0.4, 0.5) is 10.5 Å². The minimum atomic E-state index is -0.953. The summed E-state index contributed by atoms with van der Waals surface area (Å²) in [5.74, 6) is 0. The predicted molar refractivity (Wildman–Crippen MR) is 82.6 cm³/mol. The summed E-state index contributed by atoms with van der Waals surface area (Å²) in [5, 5.41) is 12.0. The molecular formula is C14H21BrN2O3. The van der Waals surface area contributed by atoms with Crippen LogP contribution >= 0.6 is 15.9 Å². The number of hydrogen-bond donors (Lipinski definition) is 3. The van der Waals surface area contributed by atoms with Crippen LogP contribution in [0.5, 0.6) is 0 Å². The number of hydrogen-bond acceptors (Lipinski definition) is 4. The molecule has 1 aromatic rings. The Hall–Kier alpha value is -1.11. The largest absolute Gasteiger partial charge is 0.444 e. The molecule has 4 N–H and O–H groups in total. The lowest BCUT2D eigenvalue weighted by molar-refractivity contribution is 0.0635. The fraction of sp³-hybridized carbons (Fsp3) is 0.500. The second-order valence-electron chi connectivity index (χ2n) is 5.89. The monoisotopic (exact) mass is 344 g/mol. The molecule has 0 aliphatic heterocycles. The first-order chi connectivity index (χ1) is 9.05. The number of anilines is 1. The fourth-order valence-corrected chi connectivity index (χ4v) is 1.98. The Morgan fingerprint density at radius 2 is 2.00 bits per heavy atom. The van der Waals surface area contributed by atoms with E-state index in [1.54, 1.807) is 45.9 Å². The van der Waals surface area contributed by atoms with Crippen molar-refractivity contribution < 1.29 is 14.6 Å². The summed E-state index contributed by atoms with van der Waals surface area (Å²) in [6, 6.07) is 5.28. The third kappa shape index (κ3) is 4.77. The van der Waals surface area contributed by atoms with Crippen molar-refractivity contribution in [3.63, 3.8) is 0 Å². The Kier molecular flexibility index (Phi) is 5.18. The van der Waals surface area contributed by atoms with E-state index >= 15 is 0 Å². The molecule has 0 radical (unpaired) electrons. The van der Waals surface area contributed by atoms with E-state index in [9.17, 15) is 9.90 Å². The van der Waals surface area contributed by atoms with Crippen molar-refractivity contribution in [2.45, 2.75) is 38.8 Å². The molecule has 0 saturated heterocycles. The van der Waals surface area contributed by atoms with Crippen LogP contribution < -0.4 is 11.1 Å². The molecule has 1 atom stereocenters. The molecule has 0 aromatic heterocycles. The van der Waals surface area contributed by atoms with Gasteiger partial charge in [0.2, 0.25) is 0 Å². The van der Waals surface area contributed by atoms with Crippen LogP contribution in [0.25, 0.3) is 0 Å². The Morgan fingerprint density at radius 1 is 1.40 bits per heavy atom. The molecule has 0 fully saturated rings. The second-order valence-corrected chi connectivity index (χ2v) is 6.81. The van der Waals surface area contributed by atoms with Crippen LogP contribution in [0.2, 0.25) is 0 Å². The molecular weight excluding hydrogens is 324 g/mol. The zero-order chi connectivity index (χ0) is 15.6. The summed E-state index contributed by atoms with van der Waals surface area (Å²) in [4.78, 5) is 11.9. The van der Waals surface area contributed by atoms with Crippen molar-refractivity contribution >= 4 is 27.7 Å². The lowest BCUT2D eigenvalue weighted by Crippen LogP contribution is -2.38. The molecule has 0 aliphatic carbocycles. The molecule has 0 spiro atoms. The van der Waals surface area contributed by atoms with Gasteiger partial charge < -0.3 is 15.6 Å². The highest BCUT2D eigenvalue weighted by Crippen LogP contribution is 2.29. The first-order valence-corrected chi connectivity index (χ1v) is 7.04. The number of carbonyl (C=O) groups is 1. The number of aliphatic hydroxyl groups is 1. The van der Waals surface area contributed by atoms with Crippen molar-refractivity contribution in [3.8, 4) is 0 Å². The lowest BCUT2D eigenvalue weighted by Gasteiger charge is -2.26. The number of benzene rings is 1. The smallest absolute Gasteiger partial charge is 0.412 e. The Bertz CT molecular complexity index is 496. The maximum atomic E-state index is 11.9. The number of carbonyl (C=O) groups excluding carboxylic acids is 1. The van der Waals surface area contributed by atoms with Crippen molar-refractivity contribution in [1.29, 1.82) is 0 Å². The average Bonchev–Trinajstić information content (AvgIpc) is 2.25. The molecule has 0 saturated carbocycles. The Morgan fingerprint density at radius 3 is 2.50 bits per heavy atom. The van der Waals surface area contributed by atoms with E-state index in [1.807, 2.05) is 0 Å². The quantitative estimate of drug-likeness (QED) is 0.786. The third-order valence-corrected chi connectivity index (χ3v) is 3.05. The normalized spacial score (nSPS) is 14.6. The van der Waals surface area contributed by atoms with Crippen LogP contribution in [0.15, 0.2) is 22.7 Å². The van der Waals surface area contributed by atoms with Crippen LogP contribution in [-0.4, -0.2) is 23.4 Å². The van der Waals surface area contributed by atoms with Gasteiger partial charge in [-0.2, -0.15) is 0 Å². The van der Waals surface area contributed by atoms with E-state index < -0.39 is 17.2 Å². The molecule has 0 heterocycles. The van der Waals surface area contributed by atoms with E-state index in [0.717, 1.165) is 4.47 Å². The third-order valence-electron chi connectivity index (χ3n) is 2.56. The van der Waals surface area contributed by atoms with Crippen molar-refractivity contribution in [2.75, 3.05) is 11.9 Å². The van der Waals surface area contributed by atoms with Gasteiger partial charge in [-0.3, -0.25) is 5.32 Å². The lowest BCUT2D eigenvalue weighted by atomic mass is 9.92. The maximum Gasteiger partial charge on any atom is 0.412 e. The summed E-state index contributed by atoms with van der Waals surface area (Å²) in [7, 11) is 0. The molecule has 6 heteroatoms. The number of amides is 1. The summed E-state index contributed by atoms with van der Waals surface area (Å²) in [5.41, 5.74) is 5.64. The number of aliphatic hydroxyl groups excluding tert-OH is 1. The van der Waals surface area contributed by atoms with Gasteiger partial charge in [0.15, 0.2) is 0 Å². The SMILES string of the molecule is CC(C)(C)OC(=O)Nc1cc(Br)ccc1C(C)(N)CO. The van der Waals surface area contributed by atoms with Crippen LogP contribution in [0.3, 0.4) is 0 Å². The summed E-state index contributed by atoms with van der Waals surface area (Å²) < 4.78 is 6.01. The molecule has 1 unspecified atom stereocenters. The summed E-state index contributed by atoms with van der Waals surface area (Å²) in [6.45, 7) is 6.81. The molecule has 20 heavy (non-hydrogen) atoms. The second kappa shape index (κ2) is 6.11. The zero-order valence-electron chi connectivity index (χ0n) is 12.2. The minimum absolute atomic E-state index is 0.238. The molecule has 0 bridgehead atoms. The maximum absolute atomic E-state index is 11.9. The average molecular weight is 345 g/mol. The van der Waals surface area contributed by atoms with Crippen molar-refractivity contribution in [2.24, 2.45) is 5.73 Å². The first-order valence-electron chi connectivity index (χ1n) is 6.25. The van der Waals surface area contributed by atoms with E-state index in [4.69, 9.17) is 10.5 Å². The highest BCUT2D eigenvalue weighted by atomic mass is 79.9. The predicted octanol–water partition coefficient (Wildman–Crippen LogP) is 2.96. The Balaban J connectivity index is 3.05. The summed E-state index contributed by atoms with van der Waals surface area (Å²) in [6.07, 6.45) is -0.564. The number of rotatable bonds is 3.